The second kappa shape index (κ2) is 9.02. The number of phenols is 1. The second-order valence-corrected chi connectivity index (χ2v) is 7.07. The Morgan fingerprint density at radius 3 is 2.56 bits per heavy atom. The summed E-state index contributed by atoms with van der Waals surface area (Å²) < 4.78 is 46.1. The van der Waals surface area contributed by atoms with Crippen molar-refractivity contribution in [1.29, 1.82) is 0 Å². The van der Waals surface area contributed by atoms with Gasteiger partial charge in [-0.25, -0.2) is 4.79 Å². The van der Waals surface area contributed by atoms with Gasteiger partial charge in [-0.05, 0) is 42.8 Å². The van der Waals surface area contributed by atoms with Crippen LogP contribution in [-0.2, 0) is 4.79 Å². The normalized spacial score (nSPS) is 15.0. The van der Waals surface area contributed by atoms with Crippen LogP contribution in [0.2, 0.25) is 5.02 Å². The first kappa shape index (κ1) is 24.5. The molecule has 0 atom stereocenters. The molecule has 0 aliphatic carbocycles. The summed E-state index contributed by atoms with van der Waals surface area (Å²) >= 11 is 5.77. The highest BCUT2D eigenvalue weighted by molar-refractivity contribution is 6.35. The predicted molar refractivity (Wildman–Crippen MR) is 113 cm³/mol. The molecule has 34 heavy (non-hydrogen) atoms. The largest absolute Gasteiger partial charge is 0.500 e. The van der Waals surface area contributed by atoms with E-state index in [1.54, 1.807) is 0 Å². The van der Waals surface area contributed by atoms with Crippen LogP contribution in [0.25, 0.3) is 6.08 Å². The molecule has 14 heteroatoms. The van der Waals surface area contributed by atoms with Crippen LogP contribution in [0.5, 0.6) is 11.5 Å². The Morgan fingerprint density at radius 2 is 2.00 bits per heavy atom. The number of rotatable bonds is 6. The molecule has 2 N–H and O–H groups in total. The van der Waals surface area contributed by atoms with E-state index in [0.29, 0.717) is 11.1 Å². The first-order chi connectivity index (χ1) is 15.8. The minimum atomic E-state index is -5.11. The van der Waals surface area contributed by atoms with Gasteiger partial charge in [0.2, 0.25) is 5.75 Å². The number of hydrogen-bond acceptors (Lipinski definition) is 7. The number of carboxylic acids is 1. The number of nitro groups is 1. The molecule has 3 rings (SSSR count). The van der Waals surface area contributed by atoms with Gasteiger partial charge in [-0.15, -0.1) is 0 Å². The van der Waals surface area contributed by atoms with Crippen LogP contribution < -0.4 is 9.75 Å². The van der Waals surface area contributed by atoms with Crippen LogP contribution in [0.4, 0.5) is 24.5 Å². The lowest BCUT2D eigenvalue weighted by molar-refractivity contribution is -0.386. The number of carbonyl (C=O) groups is 2. The van der Waals surface area contributed by atoms with Crippen molar-refractivity contribution < 1.29 is 42.6 Å². The molecule has 0 fully saturated rings. The number of halogens is 4. The number of nitro benzene ring substituents is 1. The molecule has 0 spiro atoms. The minimum Gasteiger partial charge on any atom is -0.500 e. The summed E-state index contributed by atoms with van der Waals surface area (Å²) in [6.07, 6.45) is -4.40. The number of carbonyl (C=O) groups excluding carboxylic acids is 1. The fourth-order valence-corrected chi connectivity index (χ4v) is 3.20. The molecule has 0 aromatic heterocycles. The number of ether oxygens (including phenoxy) is 1. The molecule has 1 aliphatic heterocycles. The van der Waals surface area contributed by atoms with Gasteiger partial charge in [-0.2, -0.15) is 23.3 Å². The van der Waals surface area contributed by atoms with E-state index in [4.69, 9.17) is 16.3 Å². The summed E-state index contributed by atoms with van der Waals surface area (Å²) in [5.41, 5.74) is -4.46. The van der Waals surface area contributed by atoms with E-state index in [0.717, 1.165) is 30.3 Å². The van der Waals surface area contributed by atoms with Crippen molar-refractivity contribution in [2.24, 2.45) is 5.10 Å². The number of benzene rings is 2. The van der Waals surface area contributed by atoms with E-state index in [1.165, 1.54) is 6.92 Å². The standard InChI is InChI=1S/C20H13ClF3N3O7/c1-2-34-15-7-9(6-14(16(15)28)27(32)33)5-12-17(20(22,23)24)25-26(18(12)29)10-3-4-13(21)11(8-10)19(30)31/h3-8,28H,2H2,1H3,(H,30,31). The molecule has 2 aromatic rings. The number of aromatic carboxylic acids is 1. The highest BCUT2D eigenvalue weighted by Gasteiger charge is 2.47. The Morgan fingerprint density at radius 1 is 1.32 bits per heavy atom. The molecule has 1 amide bonds. The molecule has 0 unspecified atom stereocenters. The summed E-state index contributed by atoms with van der Waals surface area (Å²) in [5.74, 6) is -3.96. The number of alkyl halides is 3. The van der Waals surface area contributed by atoms with Crippen LogP contribution in [0.15, 0.2) is 41.0 Å². The van der Waals surface area contributed by atoms with Crippen LogP contribution >= 0.6 is 11.6 Å². The number of phenolic OH excluding ortho intramolecular Hbond substituents is 1. The molecular formula is C20H13ClF3N3O7. The number of carboxylic acid groups (broad SMARTS) is 1. The Kier molecular flexibility index (Phi) is 6.50. The van der Waals surface area contributed by atoms with Crippen molar-refractivity contribution in [3.8, 4) is 11.5 Å². The quantitative estimate of drug-likeness (QED) is 0.340. The third kappa shape index (κ3) is 4.64. The van der Waals surface area contributed by atoms with Crippen molar-refractivity contribution in [2.75, 3.05) is 11.6 Å². The summed E-state index contributed by atoms with van der Waals surface area (Å²) in [5, 5.41) is 33.8. The van der Waals surface area contributed by atoms with E-state index in [1.807, 2.05) is 0 Å². The first-order valence-corrected chi connectivity index (χ1v) is 9.62. The van der Waals surface area contributed by atoms with Crippen molar-refractivity contribution in [3.63, 3.8) is 0 Å². The third-order valence-electron chi connectivity index (χ3n) is 4.46. The van der Waals surface area contributed by atoms with E-state index >= 15 is 0 Å². The van der Waals surface area contributed by atoms with Crippen molar-refractivity contribution in [2.45, 2.75) is 13.1 Å². The molecule has 0 radical (unpaired) electrons. The lowest BCUT2D eigenvalue weighted by Crippen LogP contribution is -2.25. The maximum atomic E-state index is 13.7. The van der Waals surface area contributed by atoms with Crippen molar-refractivity contribution in [1.82, 2.24) is 0 Å². The molecule has 1 heterocycles. The van der Waals surface area contributed by atoms with E-state index < -0.39 is 51.3 Å². The van der Waals surface area contributed by atoms with Gasteiger partial charge >= 0.3 is 17.8 Å². The molecular weight excluding hydrogens is 487 g/mol. The van der Waals surface area contributed by atoms with Gasteiger partial charge in [0.15, 0.2) is 11.5 Å². The Bertz CT molecular complexity index is 1270. The second-order valence-electron chi connectivity index (χ2n) is 6.67. The number of anilines is 1. The van der Waals surface area contributed by atoms with E-state index in [9.17, 15) is 43.1 Å². The molecule has 10 nitrogen and oxygen atoms in total. The predicted octanol–water partition coefficient (Wildman–Crippen LogP) is 4.40. The van der Waals surface area contributed by atoms with Gasteiger partial charge in [0.1, 0.15) is 0 Å². The minimum absolute atomic E-state index is 0.0187. The van der Waals surface area contributed by atoms with Crippen LogP contribution in [0, 0.1) is 10.1 Å². The Hall–Kier alpha value is -4.13. The van der Waals surface area contributed by atoms with E-state index in [-0.39, 0.29) is 28.6 Å². The topological polar surface area (TPSA) is 143 Å². The van der Waals surface area contributed by atoms with Crippen molar-refractivity contribution >= 4 is 46.6 Å². The van der Waals surface area contributed by atoms with Crippen LogP contribution in [0.1, 0.15) is 22.8 Å². The fourth-order valence-electron chi connectivity index (χ4n) is 3.01. The summed E-state index contributed by atoms with van der Waals surface area (Å²) in [6.45, 7) is 1.50. The van der Waals surface area contributed by atoms with Crippen LogP contribution in [0.3, 0.4) is 0 Å². The average Bonchev–Trinajstić information content (AvgIpc) is 3.07. The SMILES string of the molecule is CCOc1cc(C=C2C(=O)N(c3ccc(Cl)c(C(=O)O)c3)N=C2C(F)(F)F)cc([N+](=O)[O-])c1O. The Labute approximate surface area is 193 Å². The summed E-state index contributed by atoms with van der Waals surface area (Å²) in [6, 6.07) is 4.84. The van der Waals surface area contributed by atoms with Gasteiger partial charge in [-0.3, -0.25) is 14.9 Å². The lowest BCUT2D eigenvalue weighted by Gasteiger charge is -2.13. The van der Waals surface area contributed by atoms with Crippen molar-refractivity contribution in [3.05, 3.63) is 62.2 Å². The number of amides is 1. The molecule has 0 saturated heterocycles. The van der Waals surface area contributed by atoms with Gasteiger partial charge in [0, 0.05) is 6.07 Å². The number of hydrogen-bond donors (Lipinski definition) is 2. The maximum Gasteiger partial charge on any atom is 0.435 e. The third-order valence-corrected chi connectivity index (χ3v) is 4.79. The number of hydrazone groups is 1. The average molecular weight is 500 g/mol. The summed E-state index contributed by atoms with van der Waals surface area (Å²) in [7, 11) is 0. The molecule has 2 aromatic carbocycles. The molecule has 178 valence electrons. The van der Waals surface area contributed by atoms with Gasteiger partial charge in [-0.1, -0.05) is 11.6 Å². The zero-order valence-corrected chi connectivity index (χ0v) is 17.7. The molecule has 1 aliphatic rings. The first-order valence-electron chi connectivity index (χ1n) is 9.24. The number of nitrogens with zero attached hydrogens (tertiary/aromatic N) is 3. The zero-order chi connectivity index (χ0) is 25.4. The maximum absolute atomic E-state index is 13.7. The smallest absolute Gasteiger partial charge is 0.435 e. The van der Waals surface area contributed by atoms with Gasteiger partial charge in [0.25, 0.3) is 5.91 Å². The monoisotopic (exact) mass is 499 g/mol. The lowest BCUT2D eigenvalue weighted by atomic mass is 10.0. The zero-order valence-electron chi connectivity index (χ0n) is 17.0. The van der Waals surface area contributed by atoms with Gasteiger partial charge < -0.3 is 14.9 Å². The highest BCUT2D eigenvalue weighted by atomic mass is 35.5. The van der Waals surface area contributed by atoms with E-state index in [2.05, 4.69) is 5.10 Å². The Balaban J connectivity index is 2.17. The fraction of sp³-hybridized carbons (Fsp3) is 0.150. The summed E-state index contributed by atoms with van der Waals surface area (Å²) in [4.78, 5) is 34.4. The molecule has 0 bridgehead atoms. The number of aromatic hydroxyl groups is 1. The molecule has 0 saturated carbocycles. The van der Waals surface area contributed by atoms with Gasteiger partial charge in [0.05, 0.1) is 33.4 Å². The highest BCUT2D eigenvalue weighted by Crippen LogP contribution is 2.39. The van der Waals surface area contributed by atoms with Crippen LogP contribution in [-0.4, -0.2) is 45.5 Å².